The molecule has 0 amide bonds. The summed E-state index contributed by atoms with van der Waals surface area (Å²) in [6, 6.07) is 2.06. The Labute approximate surface area is 304 Å². The van der Waals surface area contributed by atoms with Gasteiger partial charge < -0.3 is 9.47 Å². The van der Waals surface area contributed by atoms with Gasteiger partial charge in [-0.05, 0) is 51.6 Å². The van der Waals surface area contributed by atoms with E-state index >= 15 is 48.3 Å². The van der Waals surface area contributed by atoms with Crippen LogP contribution in [0.4, 0.5) is 74.6 Å². The molecular formula is C34H7F17N4O2. The van der Waals surface area contributed by atoms with Crippen LogP contribution in [-0.4, -0.2) is 18.9 Å². The third kappa shape index (κ3) is 6.58. The molecule has 0 aliphatic heterocycles. The molecule has 0 saturated carbocycles. The summed E-state index contributed by atoms with van der Waals surface area (Å²) in [5, 5.41) is 16.0. The Balaban J connectivity index is 2.25. The second-order valence-corrected chi connectivity index (χ2v) is 11.4. The number of hydrogen-bond donors (Lipinski definition) is 0. The lowest BCUT2D eigenvalue weighted by atomic mass is 9.85. The molecule has 2 aliphatic rings. The molecule has 0 heterocycles. The number of hydrogen-bond acceptors (Lipinski definition) is 4. The van der Waals surface area contributed by atoms with Crippen LogP contribution in [0.5, 0.6) is 11.5 Å². The fourth-order valence-corrected chi connectivity index (χ4v) is 6.49. The zero-order valence-corrected chi connectivity index (χ0v) is 26.9. The monoisotopic (exact) mass is 826 g/mol. The number of benzene rings is 3. The minimum Gasteiger partial charge on any atom is -0.399 e. The molecule has 3 aromatic carbocycles. The summed E-state index contributed by atoms with van der Waals surface area (Å²) >= 11 is 0. The molecule has 0 atom stereocenters. The fraction of sp³-hybridized carbons (Fsp3) is 0.176. The standard InChI is InChI=1S/C34H7F17N4O2/c1-8-10(31(54-2)55-3)4-12-14(8)15(18-21(35)25(39)29(26(40)22(18)36)56-33(46,47)48)13-5-11(9(6-52)7-53)20(32(43,44)45)17(13)16(12)19-23(37)27(41)30(28(42)24(19)38)57-34(49,50)51/h4-5H2,1H3. The predicted octanol–water partition coefficient (Wildman–Crippen LogP) is 9.32. The number of allylic oxidation sites excluding steroid dienone is 3. The summed E-state index contributed by atoms with van der Waals surface area (Å²) in [7, 11) is 0. The molecule has 0 aromatic heterocycles. The van der Waals surface area contributed by atoms with E-state index in [2.05, 4.69) is 19.2 Å². The lowest BCUT2D eigenvalue weighted by Crippen LogP contribution is -2.29. The van der Waals surface area contributed by atoms with Crippen LogP contribution in [-0.2, 0) is 12.8 Å². The number of fused-ring (bicyclic) bond motifs is 2. The Bertz CT molecular complexity index is 2640. The average Bonchev–Trinajstić information content (AvgIpc) is 3.67. The molecule has 0 unspecified atom stereocenters. The summed E-state index contributed by atoms with van der Waals surface area (Å²) < 4.78 is 254. The van der Waals surface area contributed by atoms with Crippen LogP contribution in [0.15, 0.2) is 22.5 Å². The van der Waals surface area contributed by atoms with E-state index in [9.17, 15) is 36.9 Å². The van der Waals surface area contributed by atoms with Gasteiger partial charge in [0.05, 0.1) is 22.3 Å². The van der Waals surface area contributed by atoms with Crippen LogP contribution < -0.4 is 19.9 Å². The van der Waals surface area contributed by atoms with Gasteiger partial charge in [-0.25, -0.2) is 17.6 Å². The van der Waals surface area contributed by atoms with Crippen molar-refractivity contribution in [2.45, 2.75) is 38.7 Å². The largest absolute Gasteiger partial charge is 0.573 e. The number of ether oxygens (including phenoxy) is 2. The summed E-state index contributed by atoms with van der Waals surface area (Å²) in [6.07, 6.45) is -21.1. The van der Waals surface area contributed by atoms with E-state index in [-0.39, 0.29) is 0 Å². The van der Waals surface area contributed by atoms with Gasteiger partial charge in [-0.1, -0.05) is 0 Å². The summed E-state index contributed by atoms with van der Waals surface area (Å²) in [6.45, 7) is 15.5. The quantitative estimate of drug-likeness (QED) is 0.114. The minimum absolute atomic E-state index is 0.696. The molecule has 2 aliphatic carbocycles. The summed E-state index contributed by atoms with van der Waals surface area (Å²) in [5.74, 6) is -30.2. The van der Waals surface area contributed by atoms with E-state index in [1.807, 2.05) is 0 Å². The van der Waals surface area contributed by atoms with Gasteiger partial charge in [0.25, 0.3) is 0 Å². The van der Waals surface area contributed by atoms with E-state index in [0.29, 0.717) is 0 Å². The van der Waals surface area contributed by atoms with E-state index < -0.39 is 167 Å². The third-order valence-electron chi connectivity index (χ3n) is 8.47. The van der Waals surface area contributed by atoms with Crippen molar-refractivity contribution in [1.29, 1.82) is 10.5 Å². The van der Waals surface area contributed by atoms with Crippen molar-refractivity contribution in [3.63, 3.8) is 0 Å². The summed E-state index contributed by atoms with van der Waals surface area (Å²) in [4.78, 5) is 5.69. The van der Waals surface area contributed by atoms with Crippen molar-refractivity contribution in [2.75, 3.05) is 0 Å². The highest BCUT2D eigenvalue weighted by molar-refractivity contribution is 5.93. The number of halogens is 17. The predicted molar refractivity (Wildman–Crippen MR) is 154 cm³/mol. The van der Waals surface area contributed by atoms with E-state index in [4.69, 9.17) is 13.1 Å². The first-order valence-electron chi connectivity index (χ1n) is 14.5. The van der Waals surface area contributed by atoms with E-state index in [1.54, 1.807) is 0 Å². The topological polar surface area (TPSA) is 74.8 Å². The number of nitriles is 2. The normalized spacial score (nSPS) is 13.8. The fourth-order valence-electron chi connectivity index (χ4n) is 6.49. The second-order valence-electron chi connectivity index (χ2n) is 11.4. The van der Waals surface area contributed by atoms with Crippen molar-refractivity contribution < 1.29 is 84.1 Å². The Morgan fingerprint density at radius 3 is 1.25 bits per heavy atom. The highest BCUT2D eigenvalue weighted by atomic mass is 19.4. The maximum Gasteiger partial charge on any atom is 0.573 e. The highest BCUT2D eigenvalue weighted by Crippen LogP contribution is 2.48. The highest BCUT2D eigenvalue weighted by Gasteiger charge is 2.47. The smallest absolute Gasteiger partial charge is 0.399 e. The van der Waals surface area contributed by atoms with Gasteiger partial charge in [0.2, 0.25) is 34.8 Å². The molecule has 0 radical (unpaired) electrons. The molecule has 294 valence electrons. The molecule has 3 aromatic rings. The van der Waals surface area contributed by atoms with Gasteiger partial charge in [0.1, 0.15) is 30.9 Å². The SMILES string of the molecule is [C-]#[N+]C([N+]#[C-])=C1Cc2c(-c3c(F)c(F)c(OC(F)(F)F)c(F)c3F)c3c(c(-c4c(F)c(F)c(OC(F)(F)F)c(F)c4F)c2=C1C)CC(=C(C#N)C#N)C=3C(F)(F)F. The zero-order chi connectivity index (χ0) is 43.0. The Kier molecular flexibility index (Phi) is 10.0. The molecule has 0 fully saturated rings. The van der Waals surface area contributed by atoms with Crippen LogP contribution in [0.1, 0.15) is 18.1 Å². The van der Waals surface area contributed by atoms with Crippen LogP contribution in [0.25, 0.3) is 43.1 Å². The van der Waals surface area contributed by atoms with Gasteiger partial charge in [-0.15, -0.1) is 26.3 Å². The molecule has 23 heteroatoms. The first kappa shape index (κ1) is 41.4. The number of alkyl halides is 9. The molecule has 0 saturated heterocycles. The van der Waals surface area contributed by atoms with Gasteiger partial charge in [0.15, 0.2) is 23.3 Å². The van der Waals surface area contributed by atoms with Crippen molar-refractivity contribution in [1.82, 2.24) is 0 Å². The van der Waals surface area contributed by atoms with Crippen molar-refractivity contribution in [3.05, 3.63) is 113 Å². The second kappa shape index (κ2) is 13.8. The zero-order valence-electron chi connectivity index (χ0n) is 26.9. The lowest BCUT2D eigenvalue weighted by Gasteiger charge is -2.21. The Hall–Kier alpha value is -6.75. The first-order valence-corrected chi connectivity index (χ1v) is 14.5. The van der Waals surface area contributed by atoms with Gasteiger partial charge in [0, 0.05) is 12.0 Å². The Morgan fingerprint density at radius 2 is 0.912 bits per heavy atom. The summed E-state index contributed by atoms with van der Waals surface area (Å²) in [5.41, 5.74) is -17.3. The molecular weight excluding hydrogens is 819 g/mol. The maximum atomic E-state index is 16.0. The van der Waals surface area contributed by atoms with Crippen molar-refractivity contribution in [3.8, 4) is 45.9 Å². The average molecular weight is 826 g/mol. The van der Waals surface area contributed by atoms with Gasteiger partial charge >= 0.3 is 24.7 Å². The maximum absolute atomic E-state index is 16.0. The lowest BCUT2D eigenvalue weighted by molar-refractivity contribution is -0.277. The van der Waals surface area contributed by atoms with Crippen LogP contribution in [0, 0.1) is 82.3 Å². The molecule has 57 heavy (non-hydrogen) atoms. The van der Waals surface area contributed by atoms with Crippen molar-refractivity contribution >= 4 is 11.1 Å². The van der Waals surface area contributed by atoms with E-state index in [0.717, 1.165) is 19.1 Å². The van der Waals surface area contributed by atoms with Crippen LogP contribution in [0.3, 0.4) is 0 Å². The van der Waals surface area contributed by atoms with Crippen LogP contribution in [0.2, 0.25) is 0 Å². The minimum atomic E-state index is -6.06. The Morgan fingerprint density at radius 1 is 0.561 bits per heavy atom. The third-order valence-corrected chi connectivity index (χ3v) is 8.47. The number of nitrogens with zero attached hydrogens (tertiary/aromatic N) is 4. The number of rotatable bonds is 4. The first-order chi connectivity index (χ1) is 26.3. The molecule has 0 spiro atoms. The molecule has 6 nitrogen and oxygen atoms in total. The van der Waals surface area contributed by atoms with Crippen LogP contribution >= 0.6 is 0 Å². The van der Waals surface area contributed by atoms with Gasteiger partial charge in [-0.3, -0.25) is 0 Å². The van der Waals surface area contributed by atoms with Gasteiger partial charge in [-0.2, -0.15) is 50.9 Å². The van der Waals surface area contributed by atoms with Crippen molar-refractivity contribution in [2.24, 2.45) is 0 Å². The molecule has 0 N–H and O–H groups in total. The molecule has 0 bridgehead atoms. The molecule has 5 rings (SSSR count). The van der Waals surface area contributed by atoms with E-state index in [1.165, 1.54) is 0 Å².